The number of hydrogen-bond donors (Lipinski definition) is 0. The molecule has 0 saturated heterocycles. The fourth-order valence-corrected chi connectivity index (χ4v) is 4.18. The molecular formula is C14H23N4P. The normalized spacial score (nSPS) is 11.5. The Morgan fingerprint density at radius 2 is 1.37 bits per heavy atom. The molecule has 0 saturated carbocycles. The molecule has 19 heavy (non-hydrogen) atoms. The van der Waals surface area contributed by atoms with Gasteiger partial charge < -0.3 is 4.90 Å². The molecule has 0 aliphatic carbocycles. The summed E-state index contributed by atoms with van der Waals surface area (Å²) in [4.78, 5) is 2.21. The highest BCUT2D eigenvalue weighted by molar-refractivity contribution is 7.57. The molecule has 0 rings (SSSR count). The third-order valence-corrected chi connectivity index (χ3v) is 5.66. The minimum Gasteiger partial charge on any atom is -0.301 e. The molecule has 0 radical (unpaired) electrons. The van der Waals surface area contributed by atoms with Crippen molar-refractivity contribution < 1.29 is 0 Å². The Morgan fingerprint density at radius 3 is 1.84 bits per heavy atom. The second-order valence-corrected chi connectivity index (χ2v) is 7.09. The summed E-state index contributed by atoms with van der Waals surface area (Å²) in [5.41, 5.74) is 0. The van der Waals surface area contributed by atoms with Gasteiger partial charge in [-0.15, -0.1) is 7.92 Å². The Bertz CT molecular complexity index is 319. The Balaban J connectivity index is 4.12. The van der Waals surface area contributed by atoms with Crippen molar-refractivity contribution in [2.75, 3.05) is 38.1 Å². The molecule has 0 aromatic carbocycles. The van der Waals surface area contributed by atoms with Crippen LogP contribution in [0.5, 0.6) is 0 Å². The lowest BCUT2D eigenvalue weighted by atomic mass is 10.3. The topological polar surface area (TPSA) is 74.6 Å². The number of hydrogen-bond acceptors (Lipinski definition) is 4. The zero-order valence-electron chi connectivity index (χ0n) is 11.8. The fourth-order valence-electron chi connectivity index (χ4n) is 1.89. The van der Waals surface area contributed by atoms with Crippen LogP contribution >= 0.6 is 7.92 Å². The second kappa shape index (κ2) is 13.3. The molecule has 0 aliphatic heterocycles. The molecule has 0 bridgehead atoms. The lowest BCUT2D eigenvalue weighted by Crippen LogP contribution is -2.28. The molecule has 1 atom stereocenters. The standard InChI is InChI=1S/C14H23N4P/c1-2-12-19(13-5-8-17)14-11-18(9-3-6-15)10-4-7-16/h2-5,9-14H2,1H3. The van der Waals surface area contributed by atoms with E-state index in [1.165, 1.54) is 12.6 Å². The predicted octanol–water partition coefficient (Wildman–Crippen LogP) is 2.92. The van der Waals surface area contributed by atoms with Crippen molar-refractivity contribution in [2.45, 2.75) is 32.6 Å². The highest BCUT2D eigenvalue weighted by Crippen LogP contribution is 2.36. The minimum atomic E-state index is -0.0591. The fraction of sp³-hybridized carbons (Fsp3) is 0.786. The van der Waals surface area contributed by atoms with Crippen LogP contribution in [-0.2, 0) is 0 Å². The first-order valence-corrected chi connectivity index (χ1v) is 8.73. The van der Waals surface area contributed by atoms with Gasteiger partial charge in [-0.1, -0.05) is 13.3 Å². The highest BCUT2D eigenvalue weighted by Gasteiger charge is 2.10. The van der Waals surface area contributed by atoms with Crippen LogP contribution in [0.2, 0.25) is 0 Å². The Morgan fingerprint density at radius 1 is 0.789 bits per heavy atom. The van der Waals surface area contributed by atoms with E-state index >= 15 is 0 Å². The minimum absolute atomic E-state index is 0.0591. The van der Waals surface area contributed by atoms with Crippen molar-refractivity contribution >= 4 is 7.92 Å². The van der Waals surface area contributed by atoms with E-state index in [1.54, 1.807) is 0 Å². The van der Waals surface area contributed by atoms with Crippen molar-refractivity contribution in [2.24, 2.45) is 0 Å². The van der Waals surface area contributed by atoms with E-state index in [0.29, 0.717) is 19.3 Å². The highest BCUT2D eigenvalue weighted by atomic mass is 31.1. The molecule has 0 heterocycles. The number of nitrogens with zero attached hydrogens (tertiary/aromatic N) is 4. The van der Waals surface area contributed by atoms with Gasteiger partial charge in [0.05, 0.1) is 18.2 Å². The van der Waals surface area contributed by atoms with E-state index in [1.807, 2.05) is 0 Å². The maximum absolute atomic E-state index is 8.67. The largest absolute Gasteiger partial charge is 0.301 e. The van der Waals surface area contributed by atoms with Gasteiger partial charge in [0.2, 0.25) is 0 Å². The number of nitriles is 3. The third kappa shape index (κ3) is 10.5. The van der Waals surface area contributed by atoms with Gasteiger partial charge in [-0.2, -0.15) is 15.8 Å². The van der Waals surface area contributed by atoms with Crippen molar-refractivity contribution in [1.82, 2.24) is 4.90 Å². The second-order valence-electron chi connectivity index (χ2n) is 4.41. The van der Waals surface area contributed by atoms with Gasteiger partial charge in [-0.25, -0.2) is 0 Å². The van der Waals surface area contributed by atoms with Crippen LogP contribution in [0.25, 0.3) is 0 Å². The molecule has 104 valence electrons. The average molecular weight is 278 g/mol. The van der Waals surface area contributed by atoms with Gasteiger partial charge in [0.15, 0.2) is 0 Å². The summed E-state index contributed by atoms with van der Waals surface area (Å²) in [5.74, 6) is 0. The van der Waals surface area contributed by atoms with E-state index in [0.717, 1.165) is 32.0 Å². The average Bonchev–Trinajstić information content (AvgIpc) is 2.43. The molecule has 0 fully saturated rings. The lowest BCUT2D eigenvalue weighted by Gasteiger charge is -2.23. The molecule has 1 unspecified atom stereocenters. The van der Waals surface area contributed by atoms with E-state index in [4.69, 9.17) is 15.8 Å². The maximum atomic E-state index is 8.67. The first-order chi connectivity index (χ1) is 9.28. The van der Waals surface area contributed by atoms with E-state index in [-0.39, 0.29) is 7.92 Å². The summed E-state index contributed by atoms with van der Waals surface area (Å²) < 4.78 is 0. The van der Waals surface area contributed by atoms with Gasteiger partial charge in [-0.3, -0.25) is 0 Å². The molecular weight excluding hydrogens is 255 g/mol. The summed E-state index contributed by atoms with van der Waals surface area (Å²) in [6, 6.07) is 6.55. The van der Waals surface area contributed by atoms with Gasteiger partial charge in [0.1, 0.15) is 0 Å². The smallest absolute Gasteiger partial charge is 0.0635 e. The van der Waals surface area contributed by atoms with Crippen molar-refractivity contribution in [3.8, 4) is 18.2 Å². The third-order valence-electron chi connectivity index (χ3n) is 2.89. The SMILES string of the molecule is CCCP(CCC#N)CCN(CCC#N)CCC#N. The Hall–Kier alpha value is -1.14. The van der Waals surface area contributed by atoms with E-state index in [9.17, 15) is 0 Å². The van der Waals surface area contributed by atoms with Crippen LogP contribution < -0.4 is 0 Å². The Kier molecular flexibility index (Phi) is 12.5. The monoisotopic (exact) mass is 278 g/mol. The quantitative estimate of drug-likeness (QED) is 0.544. The lowest BCUT2D eigenvalue weighted by molar-refractivity contribution is 0.303. The molecule has 4 nitrogen and oxygen atoms in total. The van der Waals surface area contributed by atoms with Crippen molar-refractivity contribution in [1.29, 1.82) is 15.8 Å². The van der Waals surface area contributed by atoms with Gasteiger partial charge in [0.25, 0.3) is 0 Å². The summed E-state index contributed by atoms with van der Waals surface area (Å²) >= 11 is 0. The summed E-state index contributed by atoms with van der Waals surface area (Å²) in [6.07, 6.45) is 6.26. The van der Waals surface area contributed by atoms with Crippen LogP contribution in [0.4, 0.5) is 0 Å². The summed E-state index contributed by atoms with van der Waals surface area (Å²) in [7, 11) is -0.0591. The van der Waals surface area contributed by atoms with E-state index < -0.39 is 0 Å². The van der Waals surface area contributed by atoms with Crippen LogP contribution in [-0.4, -0.2) is 43.0 Å². The summed E-state index contributed by atoms with van der Waals surface area (Å²) in [5, 5.41) is 26.0. The van der Waals surface area contributed by atoms with Crippen LogP contribution in [0.15, 0.2) is 0 Å². The maximum Gasteiger partial charge on any atom is 0.0635 e. The molecule has 5 heteroatoms. The van der Waals surface area contributed by atoms with Gasteiger partial charge >= 0.3 is 0 Å². The molecule has 0 aliphatic rings. The Labute approximate surface area is 118 Å². The zero-order valence-corrected chi connectivity index (χ0v) is 12.7. The molecule has 0 N–H and O–H groups in total. The number of rotatable bonds is 11. The molecule has 0 aromatic heterocycles. The van der Waals surface area contributed by atoms with Crippen LogP contribution in [0.3, 0.4) is 0 Å². The molecule has 0 aromatic rings. The summed E-state index contributed by atoms with van der Waals surface area (Å²) in [6.45, 7) is 4.66. The first kappa shape index (κ1) is 17.9. The molecule has 0 amide bonds. The molecule has 0 spiro atoms. The van der Waals surface area contributed by atoms with Crippen LogP contribution in [0, 0.1) is 34.0 Å². The first-order valence-electron chi connectivity index (χ1n) is 6.84. The zero-order chi connectivity index (χ0) is 14.3. The van der Waals surface area contributed by atoms with Gasteiger partial charge in [0, 0.05) is 38.9 Å². The van der Waals surface area contributed by atoms with Crippen molar-refractivity contribution in [3.63, 3.8) is 0 Å². The predicted molar refractivity (Wildman–Crippen MR) is 78.9 cm³/mol. The van der Waals surface area contributed by atoms with Crippen LogP contribution in [0.1, 0.15) is 32.6 Å². The van der Waals surface area contributed by atoms with Gasteiger partial charge in [-0.05, 0) is 18.5 Å². The van der Waals surface area contributed by atoms with Crippen molar-refractivity contribution in [3.05, 3.63) is 0 Å². The van der Waals surface area contributed by atoms with E-state index in [2.05, 4.69) is 30.0 Å².